The van der Waals surface area contributed by atoms with Gasteiger partial charge in [-0.25, -0.2) is 4.79 Å². The average Bonchev–Trinajstić information content (AvgIpc) is 2.60. The first-order valence-electron chi connectivity index (χ1n) is 7.92. The first kappa shape index (κ1) is 24.9. The highest BCUT2D eigenvalue weighted by Crippen LogP contribution is 2.38. The summed E-state index contributed by atoms with van der Waals surface area (Å²) in [5.41, 5.74) is 3.84. The molecule has 0 aliphatic heterocycles. The van der Waals surface area contributed by atoms with Gasteiger partial charge < -0.3 is 40.4 Å². The Labute approximate surface area is 161 Å². The highest BCUT2D eigenvalue weighted by atomic mass is 16.5. The van der Waals surface area contributed by atoms with E-state index in [1.54, 1.807) is 21.3 Å². The third-order valence-electron chi connectivity index (χ3n) is 3.44. The molecular weight excluding hydrogens is 378 g/mol. The van der Waals surface area contributed by atoms with Crippen LogP contribution in [0.25, 0.3) is 0 Å². The monoisotopic (exact) mass is 403 g/mol. The molecule has 158 valence electrons. The average molecular weight is 403 g/mol. The van der Waals surface area contributed by atoms with Crippen LogP contribution in [0.1, 0.15) is 18.4 Å². The number of carboxylic acids is 3. The van der Waals surface area contributed by atoms with Crippen LogP contribution < -0.4 is 19.9 Å². The van der Waals surface area contributed by atoms with Crippen molar-refractivity contribution in [3.8, 4) is 17.2 Å². The summed E-state index contributed by atoms with van der Waals surface area (Å²) < 4.78 is 15.6. The highest BCUT2D eigenvalue weighted by Gasteiger charge is 2.40. The van der Waals surface area contributed by atoms with Crippen LogP contribution in [0, 0.1) is 0 Å². The van der Waals surface area contributed by atoms with E-state index in [2.05, 4.69) is 0 Å². The van der Waals surface area contributed by atoms with Gasteiger partial charge in [0.25, 0.3) is 0 Å². The largest absolute Gasteiger partial charge is 0.493 e. The molecule has 11 heteroatoms. The Hall–Kier alpha value is -3.05. The van der Waals surface area contributed by atoms with Crippen LogP contribution in [0.5, 0.6) is 17.2 Å². The summed E-state index contributed by atoms with van der Waals surface area (Å²) in [4.78, 5) is 30.5. The Balaban J connectivity index is 0.000000528. The van der Waals surface area contributed by atoms with E-state index in [9.17, 15) is 14.4 Å². The van der Waals surface area contributed by atoms with Gasteiger partial charge in [0.2, 0.25) is 5.75 Å². The first-order valence-corrected chi connectivity index (χ1v) is 7.92. The van der Waals surface area contributed by atoms with E-state index in [1.165, 1.54) is 0 Å². The molecule has 0 spiro atoms. The lowest BCUT2D eigenvalue weighted by Gasteiger charge is -2.18. The van der Waals surface area contributed by atoms with Crippen LogP contribution >= 0.6 is 0 Å². The normalized spacial score (nSPS) is 10.3. The standard InChI is InChI=1S/C11H17NO3.C6H8O7/c1-13-9-6-8(4-5-12)7-10(14-2)11(9)15-3;7-3(8)1-6(13,5(11)12)2-4(9)10/h6-7H,4-5,12H2,1-3H3;13H,1-2H2,(H,7,8)(H,9,10)(H,11,12). The van der Waals surface area contributed by atoms with E-state index in [0.717, 1.165) is 12.0 Å². The summed E-state index contributed by atoms with van der Waals surface area (Å²) in [6, 6.07) is 3.82. The number of rotatable bonds is 10. The number of benzene rings is 1. The Morgan fingerprint density at radius 2 is 1.36 bits per heavy atom. The molecule has 0 radical (unpaired) electrons. The summed E-state index contributed by atoms with van der Waals surface area (Å²) in [6.07, 6.45) is -1.50. The molecule has 0 saturated heterocycles. The van der Waals surface area contributed by atoms with Crippen molar-refractivity contribution in [2.45, 2.75) is 24.9 Å². The first-order chi connectivity index (χ1) is 13.0. The molecule has 11 nitrogen and oxygen atoms in total. The number of carboxylic acid groups (broad SMARTS) is 3. The van der Waals surface area contributed by atoms with E-state index in [4.69, 9.17) is 40.4 Å². The van der Waals surface area contributed by atoms with Gasteiger partial charge in [-0.05, 0) is 30.7 Å². The van der Waals surface area contributed by atoms with E-state index >= 15 is 0 Å². The van der Waals surface area contributed by atoms with Crippen molar-refractivity contribution in [3.05, 3.63) is 17.7 Å². The lowest BCUT2D eigenvalue weighted by atomic mass is 9.96. The van der Waals surface area contributed by atoms with Crippen molar-refractivity contribution in [2.24, 2.45) is 5.73 Å². The number of hydrogen-bond acceptors (Lipinski definition) is 8. The number of nitrogens with two attached hydrogens (primary N) is 1. The molecule has 0 bridgehead atoms. The van der Waals surface area contributed by atoms with Gasteiger partial charge in [-0.1, -0.05) is 0 Å². The van der Waals surface area contributed by atoms with Crippen LogP contribution in [0.3, 0.4) is 0 Å². The molecular formula is C17H25NO10. The van der Waals surface area contributed by atoms with Crippen molar-refractivity contribution in [1.82, 2.24) is 0 Å². The number of hydrogen-bond donors (Lipinski definition) is 5. The molecule has 28 heavy (non-hydrogen) atoms. The zero-order valence-corrected chi connectivity index (χ0v) is 15.8. The Morgan fingerprint density at radius 1 is 0.929 bits per heavy atom. The van der Waals surface area contributed by atoms with Crippen molar-refractivity contribution < 1.29 is 49.0 Å². The molecule has 1 aromatic carbocycles. The third kappa shape index (κ3) is 7.68. The number of aliphatic hydroxyl groups is 1. The molecule has 0 unspecified atom stereocenters. The fourth-order valence-corrected chi connectivity index (χ4v) is 2.16. The van der Waals surface area contributed by atoms with Crippen LogP contribution in [0.4, 0.5) is 0 Å². The lowest BCUT2D eigenvalue weighted by Crippen LogP contribution is -2.42. The molecule has 0 saturated carbocycles. The molecule has 0 atom stereocenters. The molecule has 0 aliphatic carbocycles. The predicted octanol–water partition coefficient (Wildman–Crippen LogP) is -0.0349. The molecule has 0 heterocycles. The minimum atomic E-state index is -2.74. The molecule has 0 aromatic heterocycles. The van der Waals surface area contributed by atoms with Crippen molar-refractivity contribution in [2.75, 3.05) is 27.9 Å². The van der Waals surface area contributed by atoms with E-state index in [0.29, 0.717) is 23.8 Å². The van der Waals surface area contributed by atoms with Crippen molar-refractivity contribution in [1.29, 1.82) is 0 Å². The van der Waals surface area contributed by atoms with Gasteiger partial charge >= 0.3 is 17.9 Å². The van der Waals surface area contributed by atoms with E-state index < -0.39 is 36.4 Å². The summed E-state index contributed by atoms with van der Waals surface area (Å²) in [5, 5.41) is 33.8. The Morgan fingerprint density at radius 3 is 1.61 bits per heavy atom. The third-order valence-corrected chi connectivity index (χ3v) is 3.44. The maximum Gasteiger partial charge on any atom is 0.336 e. The zero-order chi connectivity index (χ0) is 21.9. The second kappa shape index (κ2) is 11.6. The van der Waals surface area contributed by atoms with Gasteiger partial charge in [-0.15, -0.1) is 0 Å². The van der Waals surface area contributed by atoms with Gasteiger partial charge in [-0.2, -0.15) is 0 Å². The summed E-state index contributed by atoms with van der Waals surface area (Å²) in [6.45, 7) is 0.596. The number of methoxy groups -OCH3 is 3. The van der Waals surface area contributed by atoms with Gasteiger partial charge in [0.15, 0.2) is 17.1 Å². The minimum Gasteiger partial charge on any atom is -0.493 e. The van der Waals surface area contributed by atoms with Crippen LogP contribution in [-0.4, -0.2) is 71.8 Å². The van der Waals surface area contributed by atoms with E-state index in [1.807, 2.05) is 12.1 Å². The van der Waals surface area contributed by atoms with Crippen molar-refractivity contribution in [3.63, 3.8) is 0 Å². The molecule has 0 amide bonds. The quantitative estimate of drug-likeness (QED) is 0.353. The fraction of sp³-hybridized carbons (Fsp3) is 0.471. The summed E-state index contributed by atoms with van der Waals surface area (Å²) in [5.74, 6) is -3.07. The second-order valence-corrected chi connectivity index (χ2v) is 5.55. The molecule has 0 aliphatic rings. The second-order valence-electron chi connectivity index (χ2n) is 5.55. The maximum absolute atomic E-state index is 10.3. The van der Waals surface area contributed by atoms with Gasteiger partial charge in [-0.3, -0.25) is 9.59 Å². The SMILES string of the molecule is COc1cc(CCN)cc(OC)c1OC.O=C(O)CC(O)(CC(=O)O)C(=O)O. The molecule has 1 rings (SSSR count). The predicted molar refractivity (Wildman–Crippen MR) is 95.9 cm³/mol. The Bertz CT molecular complexity index is 648. The Kier molecular flexibility index (Phi) is 10.4. The molecule has 6 N–H and O–H groups in total. The van der Waals surface area contributed by atoms with Gasteiger partial charge in [0.05, 0.1) is 34.2 Å². The minimum absolute atomic E-state index is 0.596. The topological polar surface area (TPSA) is 186 Å². The lowest BCUT2D eigenvalue weighted by molar-refractivity contribution is -0.170. The molecule has 0 fully saturated rings. The molecule has 1 aromatic rings. The smallest absolute Gasteiger partial charge is 0.336 e. The van der Waals surface area contributed by atoms with Crippen molar-refractivity contribution >= 4 is 17.9 Å². The van der Waals surface area contributed by atoms with Crippen LogP contribution in [0.15, 0.2) is 12.1 Å². The summed E-state index contributed by atoms with van der Waals surface area (Å²) in [7, 11) is 4.79. The van der Waals surface area contributed by atoms with Crippen LogP contribution in [-0.2, 0) is 20.8 Å². The van der Waals surface area contributed by atoms with E-state index in [-0.39, 0.29) is 0 Å². The number of ether oxygens (including phenoxy) is 3. The maximum atomic E-state index is 10.3. The van der Waals surface area contributed by atoms with Gasteiger partial charge in [0.1, 0.15) is 0 Å². The number of carbonyl (C=O) groups is 3. The summed E-state index contributed by atoms with van der Waals surface area (Å²) >= 11 is 0. The van der Waals surface area contributed by atoms with Gasteiger partial charge in [0, 0.05) is 0 Å². The van der Waals surface area contributed by atoms with Crippen LogP contribution in [0.2, 0.25) is 0 Å². The fourth-order valence-electron chi connectivity index (χ4n) is 2.16. The number of aliphatic carboxylic acids is 3. The zero-order valence-electron chi connectivity index (χ0n) is 15.8. The highest BCUT2D eigenvalue weighted by molar-refractivity contribution is 5.88.